The molecule has 2 heteroatoms. The first-order chi connectivity index (χ1) is 17.7. The summed E-state index contributed by atoms with van der Waals surface area (Å²) in [5.41, 5.74) is 5.67. The first-order valence-electron chi connectivity index (χ1n) is 14.8. The zero-order valence-electron chi connectivity index (χ0n) is 22.6. The van der Waals surface area contributed by atoms with Crippen molar-refractivity contribution in [2.75, 3.05) is 0 Å². The smallest absolute Gasteiger partial charge is 0.101 e. The topological polar surface area (TPSA) is 47.6 Å². The zero-order chi connectivity index (χ0) is 25.3. The molecule has 0 heterocycles. The van der Waals surface area contributed by atoms with E-state index in [0.29, 0.717) is 23.0 Å². The number of nitriles is 2. The van der Waals surface area contributed by atoms with Gasteiger partial charge in [0.25, 0.3) is 0 Å². The maximum absolute atomic E-state index is 10.1. The van der Waals surface area contributed by atoms with Crippen LogP contribution in [0.2, 0.25) is 0 Å². The van der Waals surface area contributed by atoms with E-state index in [-0.39, 0.29) is 0 Å². The Morgan fingerprint density at radius 2 is 1.25 bits per heavy atom. The number of benzene rings is 2. The van der Waals surface area contributed by atoms with Crippen LogP contribution in [0.1, 0.15) is 138 Å². The van der Waals surface area contributed by atoms with Crippen LogP contribution in [0.3, 0.4) is 0 Å². The average Bonchev–Trinajstić information content (AvgIpc) is 2.93. The molecule has 4 rings (SSSR count). The van der Waals surface area contributed by atoms with E-state index in [9.17, 15) is 10.5 Å². The second kappa shape index (κ2) is 13.1. The van der Waals surface area contributed by atoms with Gasteiger partial charge in [-0.1, -0.05) is 88.8 Å². The van der Waals surface area contributed by atoms with Crippen molar-refractivity contribution in [2.45, 2.75) is 116 Å². The molecule has 0 radical (unpaired) electrons. The minimum absolute atomic E-state index is 0.411. The summed E-state index contributed by atoms with van der Waals surface area (Å²) in [6, 6.07) is 18.0. The van der Waals surface area contributed by atoms with Gasteiger partial charge in [-0.2, -0.15) is 10.5 Å². The lowest BCUT2D eigenvalue weighted by Gasteiger charge is -2.30. The van der Waals surface area contributed by atoms with E-state index in [4.69, 9.17) is 0 Å². The molecule has 2 saturated carbocycles. The van der Waals surface area contributed by atoms with Crippen molar-refractivity contribution in [3.8, 4) is 23.3 Å². The molecule has 0 saturated heterocycles. The largest absolute Gasteiger partial charge is 0.192 e. The molecular weight excluding hydrogens is 436 g/mol. The molecule has 2 aromatic rings. The van der Waals surface area contributed by atoms with Gasteiger partial charge in [-0.3, -0.25) is 0 Å². The molecule has 2 nitrogen and oxygen atoms in total. The normalized spacial score (nSPS) is 24.1. The van der Waals surface area contributed by atoms with Crippen LogP contribution in [0.25, 0.3) is 11.1 Å². The molecule has 0 aromatic heterocycles. The molecule has 190 valence electrons. The van der Waals surface area contributed by atoms with E-state index in [0.717, 1.165) is 41.4 Å². The highest BCUT2D eigenvalue weighted by molar-refractivity contribution is 5.75. The summed E-state index contributed by atoms with van der Waals surface area (Å²) in [5.74, 6) is 2.83. The Morgan fingerprint density at radius 1 is 0.639 bits per heavy atom. The minimum Gasteiger partial charge on any atom is -0.192 e. The average molecular weight is 481 g/mol. The molecule has 2 fully saturated rings. The van der Waals surface area contributed by atoms with Crippen LogP contribution >= 0.6 is 0 Å². The van der Waals surface area contributed by atoms with Crippen molar-refractivity contribution in [3.63, 3.8) is 0 Å². The van der Waals surface area contributed by atoms with E-state index in [1.807, 2.05) is 0 Å². The third-order valence-corrected chi connectivity index (χ3v) is 9.20. The van der Waals surface area contributed by atoms with Crippen LogP contribution in [-0.2, 0) is 0 Å². The molecule has 0 N–H and O–H groups in total. The van der Waals surface area contributed by atoms with Gasteiger partial charge in [0, 0.05) is 5.56 Å². The summed E-state index contributed by atoms with van der Waals surface area (Å²) >= 11 is 0. The van der Waals surface area contributed by atoms with Crippen LogP contribution in [0.15, 0.2) is 36.4 Å². The second-order valence-electron chi connectivity index (χ2n) is 11.5. The molecule has 0 atom stereocenters. The van der Waals surface area contributed by atoms with Crippen molar-refractivity contribution in [2.24, 2.45) is 11.8 Å². The second-order valence-corrected chi connectivity index (χ2v) is 11.5. The maximum Gasteiger partial charge on any atom is 0.101 e. The van der Waals surface area contributed by atoms with Crippen LogP contribution in [-0.4, -0.2) is 0 Å². The van der Waals surface area contributed by atoms with Crippen LogP contribution < -0.4 is 0 Å². The number of rotatable bonds is 9. The summed E-state index contributed by atoms with van der Waals surface area (Å²) in [5, 5.41) is 20.2. The molecule has 2 aliphatic rings. The van der Waals surface area contributed by atoms with Crippen LogP contribution in [0, 0.1) is 34.5 Å². The Labute approximate surface area is 219 Å². The first kappa shape index (κ1) is 26.5. The zero-order valence-corrected chi connectivity index (χ0v) is 22.6. The predicted molar refractivity (Wildman–Crippen MR) is 150 cm³/mol. The monoisotopic (exact) mass is 480 g/mol. The highest BCUT2D eigenvalue weighted by atomic mass is 14.3. The Kier molecular flexibility index (Phi) is 9.64. The van der Waals surface area contributed by atoms with Gasteiger partial charge in [0.15, 0.2) is 0 Å². The molecule has 2 aromatic carbocycles. The number of hydrogen-bond acceptors (Lipinski definition) is 2. The highest BCUT2D eigenvalue weighted by Crippen LogP contribution is 2.42. The fourth-order valence-corrected chi connectivity index (χ4v) is 7.01. The van der Waals surface area contributed by atoms with Crippen LogP contribution in [0.5, 0.6) is 0 Å². The van der Waals surface area contributed by atoms with Gasteiger partial charge in [0.05, 0.1) is 11.1 Å². The van der Waals surface area contributed by atoms with Crippen molar-refractivity contribution in [3.05, 3.63) is 58.7 Å². The Bertz CT molecular complexity index is 1050. The van der Waals surface area contributed by atoms with Crippen molar-refractivity contribution in [1.29, 1.82) is 10.5 Å². The van der Waals surface area contributed by atoms with E-state index in [1.54, 1.807) is 0 Å². The number of unbranched alkanes of at least 4 members (excludes halogenated alkanes) is 2. The fourth-order valence-electron chi connectivity index (χ4n) is 7.01. The quantitative estimate of drug-likeness (QED) is 0.335. The fraction of sp³-hybridized carbons (Fsp3) is 0.588. The van der Waals surface area contributed by atoms with E-state index in [2.05, 4.69) is 62.4 Å². The van der Waals surface area contributed by atoms with Gasteiger partial charge in [0.2, 0.25) is 0 Å². The summed E-state index contributed by atoms with van der Waals surface area (Å²) < 4.78 is 0. The third kappa shape index (κ3) is 6.21. The van der Waals surface area contributed by atoms with Gasteiger partial charge < -0.3 is 0 Å². The molecule has 0 aliphatic heterocycles. The molecular formula is C34H44N2. The molecule has 0 unspecified atom stereocenters. The lowest BCUT2D eigenvalue weighted by Crippen LogP contribution is -2.15. The van der Waals surface area contributed by atoms with Gasteiger partial charge in [-0.15, -0.1) is 0 Å². The summed E-state index contributed by atoms with van der Waals surface area (Å²) in [7, 11) is 0. The molecule has 2 aliphatic carbocycles. The SMILES string of the molecule is CCCCCC1CCC(c2ccc(-c3ccc(C4CCC(CCC)CC4)cc3)c(C#N)c2C#N)CC1. The van der Waals surface area contributed by atoms with Crippen molar-refractivity contribution < 1.29 is 0 Å². The molecule has 0 spiro atoms. The molecule has 36 heavy (non-hydrogen) atoms. The lowest BCUT2D eigenvalue weighted by atomic mass is 9.75. The van der Waals surface area contributed by atoms with E-state index in [1.165, 1.54) is 82.6 Å². The standard InChI is InChI=1S/C34H44N2/c1-3-5-6-8-26-11-15-29(16-12-26)31-21-22-32(34(24-36)33(31)23-35)30-19-17-28(18-20-30)27-13-9-25(7-4-2)10-14-27/h17-22,25-27,29H,3-16H2,1-2H3. The highest BCUT2D eigenvalue weighted by Gasteiger charge is 2.26. The van der Waals surface area contributed by atoms with Crippen LogP contribution in [0.4, 0.5) is 0 Å². The summed E-state index contributed by atoms with van der Waals surface area (Å²) in [4.78, 5) is 0. The Hall–Kier alpha value is -2.58. The van der Waals surface area contributed by atoms with Gasteiger partial charge in [-0.05, 0) is 91.7 Å². The first-order valence-corrected chi connectivity index (χ1v) is 14.8. The molecule has 0 amide bonds. The van der Waals surface area contributed by atoms with Gasteiger partial charge >= 0.3 is 0 Å². The van der Waals surface area contributed by atoms with E-state index >= 15 is 0 Å². The summed E-state index contributed by atoms with van der Waals surface area (Å²) in [6.07, 6.45) is 18.1. The van der Waals surface area contributed by atoms with Gasteiger partial charge in [-0.25, -0.2) is 0 Å². The minimum atomic E-state index is 0.411. The van der Waals surface area contributed by atoms with Crippen molar-refractivity contribution >= 4 is 0 Å². The van der Waals surface area contributed by atoms with E-state index < -0.39 is 0 Å². The Balaban J connectivity index is 1.47. The number of nitrogens with zero attached hydrogens (tertiary/aromatic N) is 2. The van der Waals surface area contributed by atoms with Gasteiger partial charge in [0.1, 0.15) is 12.1 Å². The predicted octanol–water partition coefficient (Wildman–Crippen LogP) is 10.0. The maximum atomic E-state index is 10.1. The Morgan fingerprint density at radius 3 is 1.83 bits per heavy atom. The lowest BCUT2D eigenvalue weighted by molar-refractivity contribution is 0.302. The number of hydrogen-bond donors (Lipinski definition) is 0. The third-order valence-electron chi connectivity index (χ3n) is 9.20. The van der Waals surface area contributed by atoms with Crippen molar-refractivity contribution in [1.82, 2.24) is 0 Å². The molecule has 0 bridgehead atoms. The summed E-state index contributed by atoms with van der Waals surface area (Å²) in [6.45, 7) is 4.56.